The summed E-state index contributed by atoms with van der Waals surface area (Å²) in [7, 11) is 3.30. The first-order valence-electron chi connectivity index (χ1n) is 7.95. The van der Waals surface area contributed by atoms with Crippen LogP contribution in [0.15, 0.2) is 48.5 Å². The average Bonchev–Trinajstić information content (AvgIpc) is 3.27. The Morgan fingerprint density at radius 1 is 0.923 bits per heavy atom. The lowest BCUT2D eigenvalue weighted by molar-refractivity contribution is 0.414. The summed E-state index contributed by atoms with van der Waals surface area (Å²) in [5.74, 6) is 2.30. The summed E-state index contributed by atoms with van der Waals surface area (Å²) >= 11 is 1.49. The molecule has 0 atom stereocenters. The van der Waals surface area contributed by atoms with Gasteiger partial charge >= 0.3 is 0 Å². The molecule has 0 amide bonds. The zero-order valence-electron chi connectivity index (χ0n) is 14.3. The summed E-state index contributed by atoms with van der Waals surface area (Å²) in [6, 6.07) is 15.6. The number of ether oxygens (including phenoxy) is 2. The van der Waals surface area contributed by atoms with Crippen LogP contribution in [-0.2, 0) is 0 Å². The molecule has 0 N–H and O–H groups in total. The van der Waals surface area contributed by atoms with Crippen LogP contribution >= 0.6 is 11.3 Å². The molecule has 26 heavy (non-hydrogen) atoms. The summed E-state index contributed by atoms with van der Waals surface area (Å²) in [5, 5.41) is 13.9. The van der Waals surface area contributed by atoms with Crippen molar-refractivity contribution in [1.82, 2.24) is 19.8 Å². The molecule has 6 nitrogen and oxygen atoms in total. The van der Waals surface area contributed by atoms with Crippen LogP contribution in [0.2, 0.25) is 0 Å². The highest BCUT2D eigenvalue weighted by Gasteiger charge is 2.12. The Morgan fingerprint density at radius 2 is 1.73 bits per heavy atom. The van der Waals surface area contributed by atoms with Crippen molar-refractivity contribution in [2.75, 3.05) is 14.2 Å². The first-order valence-corrected chi connectivity index (χ1v) is 8.77. The highest BCUT2D eigenvalue weighted by atomic mass is 32.1. The van der Waals surface area contributed by atoms with Gasteiger partial charge in [0.1, 0.15) is 16.5 Å². The molecule has 0 fully saturated rings. The van der Waals surface area contributed by atoms with Crippen molar-refractivity contribution in [1.29, 1.82) is 0 Å². The number of aromatic nitrogens is 4. The van der Waals surface area contributed by atoms with E-state index in [-0.39, 0.29) is 0 Å². The lowest BCUT2D eigenvalue weighted by atomic mass is 10.2. The van der Waals surface area contributed by atoms with E-state index in [0.717, 1.165) is 32.6 Å². The van der Waals surface area contributed by atoms with Gasteiger partial charge in [0.2, 0.25) is 4.96 Å². The van der Waals surface area contributed by atoms with E-state index in [4.69, 9.17) is 9.47 Å². The molecule has 0 spiro atoms. The molecule has 0 saturated carbocycles. The summed E-state index contributed by atoms with van der Waals surface area (Å²) < 4.78 is 12.2. The summed E-state index contributed by atoms with van der Waals surface area (Å²) in [6.45, 7) is 0. The number of nitrogens with zero attached hydrogens (tertiary/aromatic N) is 4. The molecule has 2 aromatic heterocycles. The smallest absolute Gasteiger partial charge is 0.235 e. The number of rotatable bonds is 5. The lowest BCUT2D eigenvalue weighted by Gasteiger charge is -2.01. The fraction of sp³-hybridized carbons (Fsp3) is 0.105. The van der Waals surface area contributed by atoms with E-state index in [2.05, 4.69) is 15.3 Å². The van der Waals surface area contributed by atoms with Gasteiger partial charge in [-0.2, -0.15) is 9.61 Å². The van der Waals surface area contributed by atoms with Gasteiger partial charge in [-0.3, -0.25) is 0 Å². The number of hydrogen-bond acceptors (Lipinski definition) is 6. The van der Waals surface area contributed by atoms with Gasteiger partial charge in [-0.1, -0.05) is 41.7 Å². The van der Waals surface area contributed by atoms with Crippen molar-refractivity contribution in [3.05, 3.63) is 59.1 Å². The van der Waals surface area contributed by atoms with Gasteiger partial charge in [0.05, 0.1) is 14.2 Å². The average molecular weight is 364 g/mol. The molecule has 4 aromatic rings. The zero-order valence-corrected chi connectivity index (χ0v) is 15.1. The van der Waals surface area contributed by atoms with E-state index in [0.29, 0.717) is 5.82 Å². The molecule has 4 rings (SSSR count). The number of fused-ring (bicyclic) bond motifs is 1. The van der Waals surface area contributed by atoms with Gasteiger partial charge < -0.3 is 9.47 Å². The molecule has 0 aliphatic rings. The largest absolute Gasteiger partial charge is 0.497 e. The Hall–Kier alpha value is -3.19. The predicted octanol–water partition coefficient (Wildman–Crippen LogP) is 4.04. The highest BCUT2D eigenvalue weighted by Crippen LogP contribution is 2.25. The second kappa shape index (κ2) is 6.97. The summed E-state index contributed by atoms with van der Waals surface area (Å²) in [4.78, 5) is 0.747. The van der Waals surface area contributed by atoms with E-state index in [9.17, 15) is 0 Å². The highest BCUT2D eigenvalue weighted by molar-refractivity contribution is 7.17. The fourth-order valence-corrected chi connectivity index (χ4v) is 3.26. The van der Waals surface area contributed by atoms with E-state index in [1.54, 1.807) is 18.7 Å². The standard InChI is InChI=1S/C19H16N4O2S/c1-24-15-9-6-13(7-10-15)8-11-17-22-23-18(20-21-19(23)26-17)14-4-3-5-16(12-14)25-2/h3-12H,1-2H3/b11-8-. The SMILES string of the molecule is COc1ccc(/C=C\c2nn3c(-c4cccc(OC)c4)nnc3s2)cc1. The van der Waals surface area contributed by atoms with E-state index in [1.165, 1.54) is 11.3 Å². The van der Waals surface area contributed by atoms with E-state index < -0.39 is 0 Å². The molecule has 0 aliphatic carbocycles. The Kier molecular flexibility index (Phi) is 4.37. The molecule has 0 radical (unpaired) electrons. The van der Waals surface area contributed by atoms with Gasteiger partial charge in [0, 0.05) is 5.56 Å². The molecule has 130 valence electrons. The molecule has 2 heterocycles. The molecule has 0 aliphatic heterocycles. The molecule has 0 unspecified atom stereocenters. The third kappa shape index (κ3) is 3.16. The Labute approximate surface area is 154 Å². The van der Waals surface area contributed by atoms with Crippen LogP contribution in [0, 0.1) is 0 Å². The van der Waals surface area contributed by atoms with Crippen LogP contribution < -0.4 is 9.47 Å². The van der Waals surface area contributed by atoms with Crippen molar-refractivity contribution < 1.29 is 9.47 Å². The van der Waals surface area contributed by atoms with Gasteiger partial charge in [-0.15, -0.1) is 10.2 Å². The van der Waals surface area contributed by atoms with Gasteiger partial charge in [-0.25, -0.2) is 0 Å². The topological polar surface area (TPSA) is 61.5 Å². The van der Waals surface area contributed by atoms with Crippen LogP contribution in [-0.4, -0.2) is 34.0 Å². The Bertz CT molecular complexity index is 1070. The molecular weight excluding hydrogens is 348 g/mol. The third-order valence-electron chi connectivity index (χ3n) is 3.87. The molecule has 0 saturated heterocycles. The summed E-state index contributed by atoms with van der Waals surface area (Å²) in [6.07, 6.45) is 3.98. The minimum atomic E-state index is 0.694. The van der Waals surface area contributed by atoms with Crippen LogP contribution in [0.3, 0.4) is 0 Å². The van der Waals surface area contributed by atoms with Gasteiger partial charge in [0.15, 0.2) is 5.82 Å². The molecule has 0 bridgehead atoms. The van der Waals surface area contributed by atoms with Crippen LogP contribution in [0.4, 0.5) is 0 Å². The maximum Gasteiger partial charge on any atom is 0.235 e. The second-order valence-electron chi connectivity index (χ2n) is 5.50. The lowest BCUT2D eigenvalue weighted by Crippen LogP contribution is -1.91. The maximum atomic E-state index is 5.28. The van der Waals surface area contributed by atoms with Crippen LogP contribution in [0.25, 0.3) is 28.5 Å². The van der Waals surface area contributed by atoms with Crippen molar-refractivity contribution in [3.8, 4) is 22.9 Å². The normalized spacial score (nSPS) is 11.3. The van der Waals surface area contributed by atoms with E-state index in [1.807, 2.05) is 60.7 Å². The van der Waals surface area contributed by atoms with Crippen molar-refractivity contribution in [3.63, 3.8) is 0 Å². The summed E-state index contributed by atoms with van der Waals surface area (Å²) in [5.41, 5.74) is 1.98. The number of hydrogen-bond donors (Lipinski definition) is 0. The molecular formula is C19H16N4O2S. The Morgan fingerprint density at radius 3 is 2.50 bits per heavy atom. The third-order valence-corrected chi connectivity index (χ3v) is 4.73. The molecule has 2 aromatic carbocycles. The van der Waals surface area contributed by atoms with Gasteiger partial charge in [-0.05, 0) is 35.9 Å². The monoisotopic (exact) mass is 364 g/mol. The van der Waals surface area contributed by atoms with Crippen molar-refractivity contribution >= 4 is 28.4 Å². The fourth-order valence-electron chi connectivity index (χ4n) is 2.52. The number of benzene rings is 2. The second-order valence-corrected chi connectivity index (χ2v) is 6.48. The van der Waals surface area contributed by atoms with Crippen molar-refractivity contribution in [2.24, 2.45) is 0 Å². The van der Waals surface area contributed by atoms with Gasteiger partial charge in [0.25, 0.3) is 0 Å². The van der Waals surface area contributed by atoms with E-state index >= 15 is 0 Å². The molecule has 7 heteroatoms. The van der Waals surface area contributed by atoms with Crippen LogP contribution in [0.5, 0.6) is 11.5 Å². The minimum Gasteiger partial charge on any atom is -0.497 e. The Balaban J connectivity index is 1.63. The maximum absolute atomic E-state index is 5.28. The number of methoxy groups -OCH3 is 2. The van der Waals surface area contributed by atoms with Crippen molar-refractivity contribution in [2.45, 2.75) is 0 Å². The zero-order chi connectivity index (χ0) is 17.9. The minimum absolute atomic E-state index is 0.694. The predicted molar refractivity (Wildman–Crippen MR) is 103 cm³/mol. The quantitative estimate of drug-likeness (QED) is 0.535. The first kappa shape index (κ1) is 16.3. The first-order chi connectivity index (χ1) is 12.8. The van der Waals surface area contributed by atoms with Crippen LogP contribution in [0.1, 0.15) is 10.6 Å².